The minimum absolute atomic E-state index is 0.149. The first kappa shape index (κ1) is 21.4. The van der Waals surface area contributed by atoms with Crippen LogP contribution in [0.25, 0.3) is 5.69 Å². The highest BCUT2D eigenvalue weighted by Crippen LogP contribution is 2.39. The van der Waals surface area contributed by atoms with Crippen molar-refractivity contribution < 1.29 is 27.4 Å². The van der Waals surface area contributed by atoms with Crippen LogP contribution in [-0.2, 0) is 16.0 Å². The molecule has 0 spiro atoms. The molecule has 1 atom stereocenters. The number of halogens is 3. The second-order valence-corrected chi connectivity index (χ2v) is 6.77. The molecule has 0 amide bonds. The molecule has 0 aliphatic carbocycles. The van der Waals surface area contributed by atoms with Gasteiger partial charge < -0.3 is 9.47 Å². The number of esters is 1. The van der Waals surface area contributed by atoms with Crippen LogP contribution in [0.4, 0.5) is 13.2 Å². The minimum Gasteiger partial charge on any atom is -0.497 e. The van der Waals surface area contributed by atoms with E-state index < -0.39 is 18.2 Å². The molecule has 0 radical (unpaired) electrons. The van der Waals surface area contributed by atoms with E-state index in [-0.39, 0.29) is 23.4 Å². The number of methoxy groups -OCH3 is 1. The summed E-state index contributed by atoms with van der Waals surface area (Å²) in [6.45, 7) is 3.00. The van der Waals surface area contributed by atoms with E-state index in [0.717, 1.165) is 0 Å². The van der Waals surface area contributed by atoms with Gasteiger partial charge in [0.1, 0.15) is 5.75 Å². The molecule has 3 rings (SSSR count). The third kappa shape index (κ3) is 4.64. The normalized spacial score (nSPS) is 12.5. The Morgan fingerprint density at radius 3 is 2.27 bits per heavy atom. The van der Waals surface area contributed by atoms with E-state index in [9.17, 15) is 18.0 Å². The van der Waals surface area contributed by atoms with Crippen LogP contribution >= 0.6 is 0 Å². The van der Waals surface area contributed by atoms with Crippen molar-refractivity contribution >= 4 is 5.97 Å². The quantitative estimate of drug-likeness (QED) is 0.535. The first-order chi connectivity index (χ1) is 14.2. The standard InChI is InChI=1S/C22H21F3N2O3/c1-14-20(15(2)27(26-14)17-7-5-4-6-8-17)21(22(23,24)25)30-19(28)13-16-9-11-18(29-3)12-10-16/h4-12,21H,13H2,1-3H3. The van der Waals surface area contributed by atoms with E-state index in [1.807, 2.05) is 0 Å². The highest BCUT2D eigenvalue weighted by molar-refractivity contribution is 5.73. The van der Waals surface area contributed by atoms with Crippen LogP contribution in [0.3, 0.4) is 0 Å². The molecule has 5 nitrogen and oxygen atoms in total. The lowest BCUT2D eigenvalue weighted by atomic mass is 10.1. The maximum Gasteiger partial charge on any atom is 0.429 e. The van der Waals surface area contributed by atoms with Gasteiger partial charge in [0.25, 0.3) is 0 Å². The largest absolute Gasteiger partial charge is 0.497 e. The van der Waals surface area contributed by atoms with Gasteiger partial charge >= 0.3 is 12.1 Å². The highest BCUT2D eigenvalue weighted by Gasteiger charge is 2.46. The number of ether oxygens (including phenoxy) is 2. The van der Waals surface area contributed by atoms with Crippen LogP contribution in [0.2, 0.25) is 0 Å². The number of carbonyl (C=O) groups is 1. The summed E-state index contributed by atoms with van der Waals surface area (Å²) in [5.41, 5.74) is 1.40. The zero-order valence-corrected chi connectivity index (χ0v) is 16.7. The molecule has 2 aromatic carbocycles. The molecule has 0 fully saturated rings. The Hall–Kier alpha value is -3.29. The van der Waals surface area contributed by atoms with Gasteiger partial charge in [-0.15, -0.1) is 0 Å². The number of aromatic nitrogens is 2. The van der Waals surface area contributed by atoms with Crippen molar-refractivity contribution in [2.45, 2.75) is 32.5 Å². The van der Waals surface area contributed by atoms with Crippen molar-refractivity contribution in [2.75, 3.05) is 7.11 Å². The van der Waals surface area contributed by atoms with Gasteiger partial charge in [0.15, 0.2) is 0 Å². The number of benzene rings is 2. The van der Waals surface area contributed by atoms with Gasteiger partial charge in [0.05, 0.1) is 24.9 Å². The van der Waals surface area contributed by atoms with Crippen LogP contribution in [0.5, 0.6) is 5.75 Å². The number of carbonyl (C=O) groups excluding carboxylic acids is 1. The lowest BCUT2D eigenvalue weighted by molar-refractivity contribution is -0.224. The molecule has 0 saturated carbocycles. The number of aryl methyl sites for hydroxylation is 1. The third-order valence-corrected chi connectivity index (χ3v) is 4.66. The topological polar surface area (TPSA) is 53.4 Å². The van der Waals surface area contributed by atoms with E-state index in [1.165, 1.54) is 25.6 Å². The van der Waals surface area contributed by atoms with E-state index in [4.69, 9.17) is 9.47 Å². The monoisotopic (exact) mass is 418 g/mol. The average molecular weight is 418 g/mol. The smallest absolute Gasteiger partial charge is 0.429 e. The van der Waals surface area contributed by atoms with Crippen molar-refractivity contribution in [1.29, 1.82) is 0 Å². The molecule has 1 unspecified atom stereocenters. The average Bonchev–Trinajstić information content (AvgIpc) is 3.00. The molecule has 3 aromatic rings. The first-order valence-corrected chi connectivity index (χ1v) is 9.21. The Labute approximate surface area is 172 Å². The van der Waals surface area contributed by atoms with Crippen molar-refractivity contribution in [3.8, 4) is 11.4 Å². The summed E-state index contributed by atoms with van der Waals surface area (Å²) in [6.07, 6.45) is -7.47. The first-order valence-electron chi connectivity index (χ1n) is 9.21. The Balaban J connectivity index is 1.88. The fraction of sp³-hybridized carbons (Fsp3) is 0.273. The van der Waals surface area contributed by atoms with Gasteiger partial charge in [-0.2, -0.15) is 18.3 Å². The summed E-state index contributed by atoms with van der Waals surface area (Å²) in [7, 11) is 1.50. The number of hydrogen-bond acceptors (Lipinski definition) is 4. The van der Waals surface area contributed by atoms with Gasteiger partial charge in [-0.3, -0.25) is 4.79 Å². The number of nitrogens with zero attached hydrogens (tertiary/aromatic N) is 2. The van der Waals surface area contributed by atoms with Crippen LogP contribution in [0.1, 0.15) is 28.6 Å². The van der Waals surface area contributed by atoms with Crippen molar-refractivity contribution in [1.82, 2.24) is 9.78 Å². The second-order valence-electron chi connectivity index (χ2n) is 6.77. The minimum atomic E-state index is -4.78. The summed E-state index contributed by atoms with van der Waals surface area (Å²) in [5.74, 6) is -0.395. The van der Waals surface area contributed by atoms with E-state index in [1.54, 1.807) is 54.6 Å². The molecular formula is C22H21F3N2O3. The highest BCUT2D eigenvalue weighted by atomic mass is 19.4. The molecule has 0 N–H and O–H groups in total. The van der Waals surface area contributed by atoms with E-state index in [2.05, 4.69) is 5.10 Å². The fourth-order valence-electron chi connectivity index (χ4n) is 3.23. The van der Waals surface area contributed by atoms with Gasteiger partial charge in [0.2, 0.25) is 6.10 Å². The van der Waals surface area contributed by atoms with Gasteiger partial charge in [-0.25, -0.2) is 4.68 Å². The predicted molar refractivity (Wildman–Crippen MR) is 105 cm³/mol. The molecule has 1 aromatic heterocycles. The Bertz CT molecular complexity index is 1010. The van der Waals surface area contributed by atoms with Crippen molar-refractivity contribution in [3.63, 3.8) is 0 Å². The van der Waals surface area contributed by atoms with E-state index >= 15 is 0 Å². The Morgan fingerprint density at radius 1 is 1.07 bits per heavy atom. The maximum atomic E-state index is 13.8. The molecule has 158 valence electrons. The summed E-state index contributed by atoms with van der Waals surface area (Å²) in [6, 6.07) is 15.3. The molecule has 0 aliphatic heterocycles. The van der Waals surface area contributed by atoms with Crippen molar-refractivity contribution in [2.24, 2.45) is 0 Å². The lowest BCUT2D eigenvalue weighted by Gasteiger charge is -2.21. The summed E-state index contributed by atoms with van der Waals surface area (Å²) >= 11 is 0. The van der Waals surface area contributed by atoms with Crippen LogP contribution < -0.4 is 4.74 Å². The van der Waals surface area contributed by atoms with Gasteiger partial charge in [0, 0.05) is 11.3 Å². The molecule has 8 heteroatoms. The third-order valence-electron chi connectivity index (χ3n) is 4.66. The summed E-state index contributed by atoms with van der Waals surface area (Å²) < 4.78 is 52.9. The fourth-order valence-corrected chi connectivity index (χ4v) is 3.23. The van der Waals surface area contributed by atoms with Gasteiger partial charge in [-0.1, -0.05) is 30.3 Å². The second kappa shape index (κ2) is 8.61. The predicted octanol–water partition coefficient (Wildman–Crippen LogP) is 4.89. The van der Waals surface area contributed by atoms with Crippen LogP contribution in [-0.4, -0.2) is 29.0 Å². The zero-order valence-electron chi connectivity index (χ0n) is 16.7. The van der Waals surface area contributed by atoms with E-state index in [0.29, 0.717) is 17.0 Å². The molecule has 30 heavy (non-hydrogen) atoms. The number of rotatable bonds is 6. The van der Waals surface area contributed by atoms with Crippen molar-refractivity contribution in [3.05, 3.63) is 77.1 Å². The molecular weight excluding hydrogens is 397 g/mol. The molecule has 1 heterocycles. The Morgan fingerprint density at radius 2 is 1.70 bits per heavy atom. The SMILES string of the molecule is COc1ccc(CC(=O)OC(c2c(C)nn(-c3ccccc3)c2C)C(F)(F)F)cc1. The number of alkyl halides is 3. The lowest BCUT2D eigenvalue weighted by Crippen LogP contribution is -2.28. The molecule has 0 bridgehead atoms. The number of hydrogen-bond donors (Lipinski definition) is 0. The molecule has 0 aliphatic rings. The number of para-hydroxylation sites is 1. The maximum absolute atomic E-state index is 13.8. The Kier molecular flexibility index (Phi) is 6.14. The summed E-state index contributed by atoms with van der Waals surface area (Å²) in [4.78, 5) is 12.3. The molecule has 0 saturated heterocycles. The summed E-state index contributed by atoms with van der Waals surface area (Å²) in [5, 5.41) is 4.24. The van der Waals surface area contributed by atoms with Crippen LogP contribution in [0, 0.1) is 13.8 Å². The zero-order chi connectivity index (χ0) is 21.9. The van der Waals surface area contributed by atoms with Gasteiger partial charge in [-0.05, 0) is 43.7 Å². The van der Waals surface area contributed by atoms with Crippen LogP contribution in [0.15, 0.2) is 54.6 Å².